The first kappa shape index (κ1) is 20.3. The maximum absolute atomic E-state index is 6.17. The summed E-state index contributed by atoms with van der Waals surface area (Å²) in [5, 5.41) is 5.13. The average Bonchev–Trinajstić information content (AvgIpc) is 2.79. The fraction of sp³-hybridized carbons (Fsp3) is 0.111. The van der Waals surface area contributed by atoms with Crippen LogP contribution in [0, 0.1) is 0 Å². The van der Waals surface area contributed by atoms with Crippen molar-refractivity contribution in [2.75, 3.05) is 5.32 Å². The molecule has 32 heavy (non-hydrogen) atoms. The van der Waals surface area contributed by atoms with Gasteiger partial charge in [-0.25, -0.2) is 4.98 Å². The number of aromatic nitrogens is 2. The molecule has 1 aliphatic carbocycles. The number of para-hydroxylation sites is 3. The first-order valence-corrected chi connectivity index (χ1v) is 11.0. The Morgan fingerprint density at radius 1 is 0.875 bits per heavy atom. The lowest BCUT2D eigenvalue weighted by atomic mass is 10.1. The lowest BCUT2D eigenvalue weighted by molar-refractivity contribution is 0.806. The van der Waals surface area contributed by atoms with E-state index in [2.05, 4.69) is 41.9 Å². The highest BCUT2D eigenvalue weighted by atomic mass is 35.5. The topological polar surface area (TPSA) is 42.2 Å². The van der Waals surface area contributed by atoms with Gasteiger partial charge in [-0.05, 0) is 74.5 Å². The van der Waals surface area contributed by atoms with Crippen molar-refractivity contribution in [3.05, 3.63) is 101 Å². The van der Waals surface area contributed by atoms with E-state index in [1.54, 1.807) is 0 Å². The Morgan fingerprint density at radius 2 is 1.59 bits per heavy atom. The fourth-order valence-corrected chi connectivity index (χ4v) is 4.00. The molecular formula is C27H23ClN4. The van der Waals surface area contributed by atoms with Crippen LogP contribution >= 0.6 is 11.6 Å². The smallest absolute Gasteiger partial charge is 0.0900 e. The van der Waals surface area contributed by atoms with Gasteiger partial charge in [-0.15, -0.1) is 0 Å². The summed E-state index contributed by atoms with van der Waals surface area (Å²) in [5.74, 6) is 0. The van der Waals surface area contributed by atoms with Gasteiger partial charge in [-0.3, -0.25) is 4.99 Å². The molecular weight excluding hydrogens is 416 g/mol. The van der Waals surface area contributed by atoms with Crippen LogP contribution < -0.4 is 10.7 Å². The van der Waals surface area contributed by atoms with E-state index >= 15 is 0 Å². The molecule has 158 valence electrons. The van der Waals surface area contributed by atoms with Gasteiger partial charge in [-0.2, -0.15) is 0 Å². The van der Waals surface area contributed by atoms with E-state index in [4.69, 9.17) is 21.6 Å². The van der Waals surface area contributed by atoms with Gasteiger partial charge in [0.1, 0.15) is 0 Å². The van der Waals surface area contributed by atoms with Crippen LogP contribution in [-0.2, 0) is 0 Å². The summed E-state index contributed by atoms with van der Waals surface area (Å²) in [7, 11) is 0. The summed E-state index contributed by atoms with van der Waals surface area (Å²) in [6.07, 6.45) is 0. The second-order valence-electron chi connectivity index (χ2n) is 7.98. The first-order chi connectivity index (χ1) is 15.6. The number of anilines is 2. The number of rotatable bonds is 4. The third-order valence-corrected chi connectivity index (χ3v) is 5.48. The molecule has 5 rings (SSSR count). The van der Waals surface area contributed by atoms with E-state index in [0.717, 1.165) is 44.8 Å². The second kappa shape index (κ2) is 8.48. The highest BCUT2D eigenvalue weighted by molar-refractivity contribution is 6.30. The van der Waals surface area contributed by atoms with E-state index < -0.39 is 0 Å². The van der Waals surface area contributed by atoms with Crippen molar-refractivity contribution in [1.82, 2.24) is 9.55 Å². The number of nitrogens with zero attached hydrogens (tertiary/aromatic N) is 3. The Hall–Kier alpha value is -3.63. The maximum Gasteiger partial charge on any atom is 0.0900 e. The minimum Gasteiger partial charge on any atom is -0.354 e. The minimum atomic E-state index is 0.154. The van der Waals surface area contributed by atoms with Crippen molar-refractivity contribution in [3.63, 3.8) is 0 Å². The molecule has 0 unspecified atom stereocenters. The minimum absolute atomic E-state index is 0.154. The lowest BCUT2D eigenvalue weighted by Crippen LogP contribution is -2.16. The summed E-state index contributed by atoms with van der Waals surface area (Å²) < 4.78 is 2.22. The van der Waals surface area contributed by atoms with Crippen molar-refractivity contribution in [3.8, 4) is 17.1 Å². The number of hydrogen-bond donors (Lipinski definition) is 1. The molecule has 0 saturated carbocycles. The zero-order valence-electron chi connectivity index (χ0n) is 18.0. The predicted molar refractivity (Wildman–Crippen MR) is 133 cm³/mol. The monoisotopic (exact) mass is 438 g/mol. The number of nitrogens with one attached hydrogen (secondary N) is 1. The summed E-state index contributed by atoms with van der Waals surface area (Å²) in [5.41, 5.74) is 6.80. The number of halogens is 1. The van der Waals surface area contributed by atoms with Gasteiger partial charge >= 0.3 is 0 Å². The molecule has 0 atom stereocenters. The zero-order valence-corrected chi connectivity index (χ0v) is 18.7. The van der Waals surface area contributed by atoms with Crippen LogP contribution in [0.15, 0.2) is 96.0 Å². The largest absolute Gasteiger partial charge is 0.354 e. The predicted octanol–water partition coefficient (Wildman–Crippen LogP) is 6.84. The van der Waals surface area contributed by atoms with Gasteiger partial charge in [0.2, 0.25) is 0 Å². The molecule has 1 N–H and O–H groups in total. The van der Waals surface area contributed by atoms with Crippen LogP contribution in [-0.4, -0.2) is 15.6 Å². The van der Waals surface area contributed by atoms with Gasteiger partial charge in [0, 0.05) is 22.4 Å². The zero-order chi connectivity index (χ0) is 22.1. The van der Waals surface area contributed by atoms with Crippen LogP contribution in [0.5, 0.6) is 0 Å². The van der Waals surface area contributed by atoms with Crippen molar-refractivity contribution >= 4 is 34.0 Å². The molecule has 0 spiro atoms. The van der Waals surface area contributed by atoms with Crippen molar-refractivity contribution < 1.29 is 0 Å². The highest BCUT2D eigenvalue weighted by Gasteiger charge is 2.16. The van der Waals surface area contributed by atoms with Crippen molar-refractivity contribution in [2.45, 2.75) is 19.9 Å². The molecule has 0 amide bonds. The van der Waals surface area contributed by atoms with Crippen molar-refractivity contribution in [2.24, 2.45) is 4.99 Å². The maximum atomic E-state index is 6.17. The Labute approximate surface area is 192 Å². The molecule has 0 radical (unpaired) electrons. The SMILES string of the molecule is CC(C)N=c1cc2n(-c3ccc(Cl)cc3)c3ccccc3nc-2cc1Nc1ccccc1. The molecule has 4 nitrogen and oxygen atoms in total. The van der Waals surface area contributed by atoms with Gasteiger partial charge in [0.05, 0.1) is 33.5 Å². The van der Waals surface area contributed by atoms with E-state index in [9.17, 15) is 0 Å². The van der Waals surface area contributed by atoms with Crippen LogP contribution in [0.2, 0.25) is 5.02 Å². The highest BCUT2D eigenvalue weighted by Crippen LogP contribution is 2.30. The van der Waals surface area contributed by atoms with E-state index in [0.29, 0.717) is 5.02 Å². The molecule has 0 saturated heterocycles. The lowest BCUT2D eigenvalue weighted by Gasteiger charge is -2.20. The number of benzene rings is 4. The summed E-state index contributed by atoms with van der Waals surface area (Å²) in [6.45, 7) is 4.17. The van der Waals surface area contributed by atoms with Crippen LogP contribution in [0.4, 0.5) is 11.4 Å². The Morgan fingerprint density at radius 3 is 2.34 bits per heavy atom. The van der Waals surface area contributed by atoms with Gasteiger partial charge in [0.15, 0.2) is 0 Å². The second-order valence-corrected chi connectivity index (χ2v) is 8.42. The summed E-state index contributed by atoms with van der Waals surface area (Å²) in [6, 6.07) is 30.6. The van der Waals surface area contributed by atoms with Gasteiger partial charge < -0.3 is 9.88 Å². The normalized spacial score (nSPS) is 12.1. The number of fused-ring (bicyclic) bond motifs is 2. The average molecular weight is 439 g/mol. The fourth-order valence-electron chi connectivity index (χ4n) is 3.87. The van der Waals surface area contributed by atoms with E-state index in [-0.39, 0.29) is 6.04 Å². The molecule has 3 aromatic carbocycles. The molecule has 1 heterocycles. The van der Waals surface area contributed by atoms with E-state index in [1.807, 2.05) is 72.8 Å². The van der Waals surface area contributed by atoms with Crippen LogP contribution in [0.1, 0.15) is 13.8 Å². The molecule has 0 fully saturated rings. The molecule has 0 bridgehead atoms. The van der Waals surface area contributed by atoms with Crippen LogP contribution in [0.25, 0.3) is 28.1 Å². The third-order valence-electron chi connectivity index (χ3n) is 5.23. The molecule has 5 heteroatoms. The summed E-state index contributed by atoms with van der Waals surface area (Å²) in [4.78, 5) is 9.89. The van der Waals surface area contributed by atoms with Crippen LogP contribution in [0.3, 0.4) is 0 Å². The third kappa shape index (κ3) is 3.97. The van der Waals surface area contributed by atoms with Gasteiger partial charge in [0.25, 0.3) is 0 Å². The number of hydrogen-bond acceptors (Lipinski definition) is 3. The Kier molecular flexibility index (Phi) is 5.38. The molecule has 3 aromatic rings. The van der Waals surface area contributed by atoms with Crippen molar-refractivity contribution in [1.29, 1.82) is 0 Å². The molecule has 1 aliphatic heterocycles. The molecule has 0 aromatic heterocycles. The first-order valence-electron chi connectivity index (χ1n) is 10.7. The summed E-state index contributed by atoms with van der Waals surface area (Å²) >= 11 is 6.17. The standard InChI is InChI=1S/C27H23ClN4/c1-18(2)29-24-17-27-25(16-23(24)30-20-8-4-3-5-9-20)31-22-10-6-7-11-26(22)32(27)21-14-12-19(28)13-15-21/h3-18,30H,1-2H3. The van der Waals surface area contributed by atoms with E-state index in [1.165, 1.54) is 0 Å². The Bertz CT molecular complexity index is 1420. The van der Waals surface area contributed by atoms with Gasteiger partial charge in [-0.1, -0.05) is 41.9 Å². The quantitative estimate of drug-likeness (QED) is 0.312. The Balaban J connectivity index is 1.83. The molecule has 2 aliphatic rings.